The fourth-order valence-electron chi connectivity index (χ4n) is 3.39. The second kappa shape index (κ2) is 9.10. The summed E-state index contributed by atoms with van der Waals surface area (Å²) in [4.78, 5) is 25.1. The predicted molar refractivity (Wildman–Crippen MR) is 123 cm³/mol. The van der Waals surface area contributed by atoms with Gasteiger partial charge < -0.3 is 14.2 Å². The van der Waals surface area contributed by atoms with Gasteiger partial charge in [-0.25, -0.2) is 0 Å². The van der Waals surface area contributed by atoms with Gasteiger partial charge in [0.2, 0.25) is 5.78 Å². The number of ether oxygens (including phenoxy) is 3. The van der Waals surface area contributed by atoms with Gasteiger partial charge in [-0.15, -0.1) is 0 Å². The number of allylic oxidation sites excluding steroid dienone is 1. The van der Waals surface area contributed by atoms with Crippen LogP contribution in [0, 0.1) is 0 Å². The highest BCUT2D eigenvalue weighted by molar-refractivity contribution is 6.14. The average Bonchev–Trinajstić information content (AvgIpc) is 3.12. The van der Waals surface area contributed by atoms with Crippen molar-refractivity contribution in [3.8, 4) is 17.2 Å². The third-order valence-corrected chi connectivity index (χ3v) is 5.32. The molecule has 0 unspecified atom stereocenters. The zero-order valence-electron chi connectivity index (χ0n) is 18.3. The molecule has 0 fully saturated rings. The summed E-state index contributed by atoms with van der Waals surface area (Å²) < 4.78 is 16.5. The largest absolute Gasteiger partial charge is 0.497 e. The smallest absolute Gasteiger partial charge is 0.231 e. The molecule has 0 saturated heterocycles. The van der Waals surface area contributed by atoms with Gasteiger partial charge in [-0.3, -0.25) is 9.59 Å². The zero-order chi connectivity index (χ0) is 22.7. The first kappa shape index (κ1) is 21.4. The van der Waals surface area contributed by atoms with E-state index < -0.39 is 0 Å². The molecule has 3 aromatic carbocycles. The maximum absolute atomic E-state index is 12.7. The van der Waals surface area contributed by atoms with Crippen molar-refractivity contribution in [1.82, 2.24) is 0 Å². The van der Waals surface area contributed by atoms with Gasteiger partial charge >= 0.3 is 0 Å². The van der Waals surface area contributed by atoms with E-state index in [0.29, 0.717) is 34.3 Å². The van der Waals surface area contributed by atoms with E-state index in [1.165, 1.54) is 5.56 Å². The third-order valence-electron chi connectivity index (χ3n) is 5.32. The van der Waals surface area contributed by atoms with Crippen LogP contribution in [-0.2, 0) is 0 Å². The fourth-order valence-corrected chi connectivity index (χ4v) is 3.39. The monoisotopic (exact) mass is 428 g/mol. The van der Waals surface area contributed by atoms with Crippen molar-refractivity contribution >= 4 is 17.6 Å². The van der Waals surface area contributed by atoms with Crippen LogP contribution < -0.4 is 14.2 Å². The number of benzene rings is 3. The summed E-state index contributed by atoms with van der Waals surface area (Å²) in [6, 6.07) is 19.9. The minimum atomic E-state index is -0.172. The number of carbonyl (C=O) groups excluding carboxylic acids is 2. The average molecular weight is 428 g/mol. The molecule has 4 rings (SSSR count). The molecule has 0 bridgehead atoms. The number of carbonyl (C=O) groups is 2. The molecule has 0 spiro atoms. The van der Waals surface area contributed by atoms with E-state index in [1.54, 1.807) is 55.7 Å². The van der Waals surface area contributed by atoms with Crippen molar-refractivity contribution in [3.63, 3.8) is 0 Å². The lowest BCUT2D eigenvalue weighted by Crippen LogP contribution is -2.11. The van der Waals surface area contributed by atoms with Crippen LogP contribution in [0.1, 0.15) is 51.6 Å². The van der Waals surface area contributed by atoms with E-state index in [2.05, 4.69) is 26.0 Å². The fraction of sp³-hybridized carbons (Fsp3) is 0.185. The first-order valence-electron chi connectivity index (χ1n) is 10.4. The Morgan fingerprint density at radius 1 is 0.969 bits per heavy atom. The van der Waals surface area contributed by atoms with Gasteiger partial charge in [0.05, 0.1) is 12.7 Å². The highest BCUT2D eigenvalue weighted by atomic mass is 16.5. The molecule has 162 valence electrons. The molecule has 0 N–H and O–H groups in total. The van der Waals surface area contributed by atoms with Gasteiger partial charge in [-0.05, 0) is 59.5 Å². The van der Waals surface area contributed by atoms with Gasteiger partial charge in [0.15, 0.2) is 18.1 Å². The van der Waals surface area contributed by atoms with E-state index in [4.69, 9.17) is 14.2 Å². The maximum Gasteiger partial charge on any atom is 0.231 e. The van der Waals surface area contributed by atoms with Gasteiger partial charge in [-0.2, -0.15) is 0 Å². The molecule has 1 aliphatic heterocycles. The molecule has 0 saturated carbocycles. The first-order chi connectivity index (χ1) is 15.4. The Bertz CT molecular complexity index is 1170. The van der Waals surface area contributed by atoms with Crippen molar-refractivity contribution in [3.05, 3.63) is 94.7 Å². The minimum absolute atomic E-state index is 0.121. The molecular formula is C27H24O5. The molecule has 5 nitrogen and oxygen atoms in total. The lowest BCUT2D eigenvalue weighted by atomic mass is 10.0. The van der Waals surface area contributed by atoms with Crippen LogP contribution in [0.2, 0.25) is 0 Å². The van der Waals surface area contributed by atoms with Crippen LogP contribution >= 0.6 is 0 Å². The predicted octanol–water partition coefficient (Wildman–Crippen LogP) is 5.70. The number of hydrogen-bond acceptors (Lipinski definition) is 5. The lowest BCUT2D eigenvalue weighted by Gasteiger charge is -2.07. The second-order valence-corrected chi connectivity index (χ2v) is 7.86. The van der Waals surface area contributed by atoms with Crippen molar-refractivity contribution in [2.24, 2.45) is 0 Å². The second-order valence-electron chi connectivity index (χ2n) is 7.86. The highest BCUT2D eigenvalue weighted by Gasteiger charge is 2.27. The number of Topliss-reactive ketones (excluding diaryl/α,β-unsaturated/α-hetero) is 2. The van der Waals surface area contributed by atoms with Crippen LogP contribution in [0.3, 0.4) is 0 Å². The van der Waals surface area contributed by atoms with E-state index in [1.807, 2.05) is 12.1 Å². The lowest BCUT2D eigenvalue weighted by molar-refractivity contribution is 0.0920. The zero-order valence-corrected chi connectivity index (χ0v) is 18.3. The number of ketones is 2. The number of fused-ring (bicyclic) bond motifs is 1. The van der Waals surface area contributed by atoms with Crippen LogP contribution in [0.4, 0.5) is 0 Å². The molecular weight excluding hydrogens is 404 g/mol. The van der Waals surface area contributed by atoms with Crippen LogP contribution in [-0.4, -0.2) is 25.3 Å². The van der Waals surface area contributed by atoms with Gasteiger partial charge in [0.25, 0.3) is 0 Å². The molecule has 3 aromatic rings. The summed E-state index contributed by atoms with van der Waals surface area (Å²) >= 11 is 0. The van der Waals surface area contributed by atoms with Crippen molar-refractivity contribution in [1.29, 1.82) is 0 Å². The number of hydrogen-bond donors (Lipinski definition) is 0. The van der Waals surface area contributed by atoms with Crippen LogP contribution in [0.15, 0.2) is 72.5 Å². The Morgan fingerprint density at radius 3 is 2.31 bits per heavy atom. The molecule has 0 radical (unpaired) electrons. The minimum Gasteiger partial charge on any atom is -0.497 e. The molecule has 0 amide bonds. The summed E-state index contributed by atoms with van der Waals surface area (Å²) in [6.07, 6.45) is 1.74. The summed E-state index contributed by atoms with van der Waals surface area (Å²) in [6.45, 7) is 4.15. The summed E-state index contributed by atoms with van der Waals surface area (Å²) in [7, 11) is 1.57. The molecule has 0 atom stereocenters. The van der Waals surface area contributed by atoms with E-state index in [-0.39, 0.29) is 23.9 Å². The first-order valence-corrected chi connectivity index (χ1v) is 10.4. The number of rotatable bonds is 7. The Morgan fingerprint density at radius 2 is 1.66 bits per heavy atom. The van der Waals surface area contributed by atoms with Crippen LogP contribution in [0.5, 0.6) is 17.2 Å². The summed E-state index contributed by atoms with van der Waals surface area (Å²) in [5.41, 5.74) is 3.14. The van der Waals surface area contributed by atoms with Gasteiger partial charge in [0.1, 0.15) is 17.2 Å². The quantitative estimate of drug-likeness (QED) is 0.357. The van der Waals surface area contributed by atoms with E-state index >= 15 is 0 Å². The Balaban J connectivity index is 1.43. The molecule has 32 heavy (non-hydrogen) atoms. The molecule has 1 aliphatic rings. The van der Waals surface area contributed by atoms with E-state index in [0.717, 1.165) is 5.56 Å². The molecule has 0 aromatic heterocycles. The third kappa shape index (κ3) is 4.57. The van der Waals surface area contributed by atoms with Gasteiger partial charge in [0, 0.05) is 11.6 Å². The molecule has 1 heterocycles. The SMILES string of the molecule is COc1ccc(C(=O)COc2ccc3c(c2)OC(=Cc2ccc(C(C)C)cc2)C3=O)cc1. The molecule has 0 aliphatic carbocycles. The van der Waals surface area contributed by atoms with Crippen LogP contribution in [0.25, 0.3) is 6.08 Å². The van der Waals surface area contributed by atoms with Crippen molar-refractivity contribution < 1.29 is 23.8 Å². The maximum atomic E-state index is 12.7. The van der Waals surface area contributed by atoms with Crippen molar-refractivity contribution in [2.45, 2.75) is 19.8 Å². The molecule has 5 heteroatoms. The van der Waals surface area contributed by atoms with Crippen molar-refractivity contribution in [2.75, 3.05) is 13.7 Å². The normalized spacial score (nSPS) is 13.8. The van der Waals surface area contributed by atoms with Gasteiger partial charge in [-0.1, -0.05) is 38.1 Å². The Hall–Kier alpha value is -3.86. The summed E-state index contributed by atoms with van der Waals surface area (Å²) in [5, 5.41) is 0. The van der Waals surface area contributed by atoms with E-state index in [9.17, 15) is 9.59 Å². The highest BCUT2D eigenvalue weighted by Crippen LogP contribution is 2.35. The number of methoxy groups -OCH3 is 1. The Kier molecular flexibility index (Phi) is 6.08. The summed E-state index contributed by atoms with van der Waals surface area (Å²) in [5.74, 6) is 1.95. The Labute approximate surface area is 187 Å². The topological polar surface area (TPSA) is 61.8 Å². The standard InChI is InChI=1S/C27H24O5/c1-17(2)19-6-4-18(5-7-19)14-26-27(29)23-13-12-22(15-25(23)32-26)31-16-24(28)20-8-10-21(30-3)11-9-20/h4-15,17H,16H2,1-3H3.